The quantitative estimate of drug-likeness (QED) is 0.191. The van der Waals surface area contributed by atoms with Crippen molar-refractivity contribution in [1.82, 2.24) is 14.6 Å². The number of para-hydroxylation sites is 1. The molecule has 0 aliphatic rings. The summed E-state index contributed by atoms with van der Waals surface area (Å²) in [4.78, 5) is 15.6. The van der Waals surface area contributed by atoms with Gasteiger partial charge in [-0.2, -0.15) is 0 Å². The number of fused-ring (bicyclic) bond motifs is 1. The summed E-state index contributed by atoms with van der Waals surface area (Å²) >= 11 is 1.52. The molecule has 3 aromatic carbocycles. The lowest BCUT2D eigenvalue weighted by Gasteiger charge is -2.24. The average molecular weight is 509 g/mol. The lowest BCUT2D eigenvalue weighted by molar-refractivity contribution is 0.243. The third kappa shape index (κ3) is 7.58. The van der Waals surface area contributed by atoms with Crippen LogP contribution in [0.5, 0.6) is 0 Å². The van der Waals surface area contributed by atoms with Gasteiger partial charge in [0.1, 0.15) is 5.82 Å². The molecule has 190 valence electrons. The summed E-state index contributed by atoms with van der Waals surface area (Å²) in [6.45, 7) is 6.32. The summed E-state index contributed by atoms with van der Waals surface area (Å²) in [7, 11) is 0. The predicted molar refractivity (Wildman–Crippen MR) is 147 cm³/mol. The molecule has 0 saturated heterocycles. The van der Waals surface area contributed by atoms with Gasteiger partial charge in [0.15, 0.2) is 0 Å². The average Bonchev–Trinajstić information content (AvgIpc) is 3.36. The van der Waals surface area contributed by atoms with Crippen LogP contribution in [0.15, 0.2) is 90.0 Å². The molecule has 0 bridgehead atoms. The number of hydrogen-bond donors (Lipinski definition) is 3. The molecule has 0 aliphatic carbocycles. The summed E-state index contributed by atoms with van der Waals surface area (Å²) in [5.41, 5.74) is 2.77. The molecule has 0 fully saturated rings. The zero-order chi connectivity index (χ0) is 25.8. The van der Waals surface area contributed by atoms with Crippen LogP contribution in [0.3, 0.4) is 0 Å². The lowest BCUT2D eigenvalue weighted by Crippen LogP contribution is -2.32. The molecule has 1 amide bonds. The Kier molecular flexibility index (Phi) is 10.8. The summed E-state index contributed by atoms with van der Waals surface area (Å²) in [5, 5.41) is 13.3. The van der Waals surface area contributed by atoms with Gasteiger partial charge in [0.2, 0.25) is 0 Å². The summed E-state index contributed by atoms with van der Waals surface area (Å²) < 4.78 is 18.1. The first-order valence-electron chi connectivity index (χ1n) is 12.1. The fraction of sp³-hybridized carbons (Fsp3) is 0.250. The molecule has 0 unspecified atom stereocenters. The highest BCUT2D eigenvalue weighted by molar-refractivity contribution is 7.97. The van der Waals surface area contributed by atoms with E-state index in [0.717, 1.165) is 27.0 Å². The zero-order valence-corrected chi connectivity index (χ0v) is 21.5. The van der Waals surface area contributed by atoms with Crippen LogP contribution < -0.4 is 14.9 Å². The maximum Gasteiger partial charge on any atom is 0.326 e. The number of hydrogen-bond acceptors (Lipinski definition) is 5. The standard InChI is InChI=1S/C26H27FN4O2S.C2H6/c27-22-7-9-23(10-8-22)30(17-18-32)16-14-29-34-24-11-5-20(6-12-24)19-28-26(33)31-15-13-21-3-1-2-4-25(21)31;1-2/h1-13,15,29,32H,14,16-19H2,(H,28,33);1-2H3. The number of rotatable bonds is 10. The fourth-order valence-corrected chi connectivity index (χ4v) is 4.29. The fourth-order valence-electron chi connectivity index (χ4n) is 3.66. The van der Waals surface area contributed by atoms with Gasteiger partial charge < -0.3 is 15.3 Å². The molecule has 1 aromatic heterocycles. The van der Waals surface area contributed by atoms with Gasteiger partial charge in [0, 0.05) is 48.3 Å². The van der Waals surface area contributed by atoms with Gasteiger partial charge in [-0.1, -0.05) is 44.2 Å². The molecule has 0 radical (unpaired) electrons. The van der Waals surface area contributed by atoms with Crippen molar-refractivity contribution in [2.24, 2.45) is 0 Å². The second kappa shape index (κ2) is 14.3. The Bertz CT molecular complexity index is 1210. The lowest BCUT2D eigenvalue weighted by atomic mass is 10.2. The number of carbonyl (C=O) groups excluding carboxylic acids is 1. The minimum atomic E-state index is -0.275. The highest BCUT2D eigenvalue weighted by atomic mass is 32.2. The van der Waals surface area contributed by atoms with Crippen LogP contribution in [0.1, 0.15) is 19.4 Å². The molecule has 0 spiro atoms. The van der Waals surface area contributed by atoms with E-state index >= 15 is 0 Å². The smallest absolute Gasteiger partial charge is 0.326 e. The number of nitrogens with one attached hydrogen (secondary N) is 2. The number of carbonyl (C=O) groups is 1. The largest absolute Gasteiger partial charge is 0.395 e. The molecule has 6 nitrogen and oxygen atoms in total. The van der Waals surface area contributed by atoms with Gasteiger partial charge >= 0.3 is 6.03 Å². The Morgan fingerprint density at radius 3 is 2.42 bits per heavy atom. The van der Waals surface area contributed by atoms with Crippen LogP contribution in [0.2, 0.25) is 0 Å². The summed E-state index contributed by atoms with van der Waals surface area (Å²) in [5.74, 6) is -0.275. The van der Waals surface area contributed by atoms with E-state index in [9.17, 15) is 14.3 Å². The molecule has 4 aromatic rings. The highest BCUT2D eigenvalue weighted by Gasteiger charge is 2.08. The number of nitrogens with zero attached hydrogens (tertiary/aromatic N) is 2. The second-order valence-corrected chi connectivity index (χ2v) is 8.69. The first-order valence-corrected chi connectivity index (χ1v) is 12.9. The number of benzene rings is 3. The number of aliphatic hydroxyl groups is 1. The molecule has 36 heavy (non-hydrogen) atoms. The van der Waals surface area contributed by atoms with Crippen molar-refractivity contribution in [1.29, 1.82) is 0 Å². The molecule has 0 atom stereocenters. The number of amides is 1. The number of aromatic nitrogens is 1. The molecule has 4 rings (SSSR count). The monoisotopic (exact) mass is 508 g/mol. The van der Waals surface area contributed by atoms with Gasteiger partial charge in [0.05, 0.1) is 12.1 Å². The van der Waals surface area contributed by atoms with Crippen molar-refractivity contribution in [2.45, 2.75) is 25.3 Å². The minimum Gasteiger partial charge on any atom is -0.395 e. The Labute approximate surface area is 216 Å². The van der Waals surface area contributed by atoms with E-state index in [4.69, 9.17) is 0 Å². The molecule has 0 aliphatic heterocycles. The van der Waals surface area contributed by atoms with Crippen molar-refractivity contribution < 1.29 is 14.3 Å². The van der Waals surface area contributed by atoms with Crippen molar-refractivity contribution in [3.8, 4) is 0 Å². The van der Waals surface area contributed by atoms with E-state index in [1.807, 2.05) is 73.3 Å². The molecule has 0 saturated carbocycles. The predicted octanol–water partition coefficient (Wildman–Crippen LogP) is 5.66. The Morgan fingerprint density at radius 1 is 0.972 bits per heavy atom. The zero-order valence-electron chi connectivity index (χ0n) is 20.7. The Morgan fingerprint density at radius 2 is 1.69 bits per heavy atom. The Hall–Kier alpha value is -3.33. The molecule has 3 N–H and O–H groups in total. The maximum absolute atomic E-state index is 13.2. The van der Waals surface area contributed by atoms with Crippen molar-refractivity contribution in [2.75, 3.05) is 31.1 Å². The maximum atomic E-state index is 13.2. The van der Waals surface area contributed by atoms with Crippen molar-refractivity contribution in [3.05, 3.63) is 96.4 Å². The molecular formula is C28H33FN4O2S. The van der Waals surface area contributed by atoms with Gasteiger partial charge in [0.25, 0.3) is 0 Å². The van der Waals surface area contributed by atoms with E-state index in [1.165, 1.54) is 24.1 Å². The van der Waals surface area contributed by atoms with E-state index < -0.39 is 0 Å². The van der Waals surface area contributed by atoms with Crippen LogP contribution in [0.25, 0.3) is 10.9 Å². The van der Waals surface area contributed by atoms with Crippen molar-refractivity contribution >= 4 is 34.6 Å². The van der Waals surface area contributed by atoms with Crippen LogP contribution in [0, 0.1) is 5.82 Å². The number of anilines is 1. The van der Waals surface area contributed by atoms with E-state index in [2.05, 4.69) is 10.0 Å². The van der Waals surface area contributed by atoms with Gasteiger partial charge in [-0.05, 0) is 66.0 Å². The summed E-state index contributed by atoms with van der Waals surface area (Å²) in [6.07, 6.45) is 1.78. The first kappa shape index (κ1) is 27.3. The number of aliphatic hydroxyl groups excluding tert-OH is 1. The highest BCUT2D eigenvalue weighted by Crippen LogP contribution is 2.18. The van der Waals surface area contributed by atoms with Crippen LogP contribution in [0.4, 0.5) is 14.9 Å². The van der Waals surface area contributed by atoms with E-state index in [-0.39, 0.29) is 18.5 Å². The minimum absolute atomic E-state index is 0.0308. The second-order valence-electron chi connectivity index (χ2n) is 7.73. The van der Waals surface area contributed by atoms with E-state index in [0.29, 0.717) is 26.2 Å². The topological polar surface area (TPSA) is 69.5 Å². The third-order valence-electron chi connectivity index (χ3n) is 5.42. The van der Waals surface area contributed by atoms with Crippen LogP contribution in [-0.4, -0.2) is 41.9 Å². The van der Waals surface area contributed by atoms with Crippen molar-refractivity contribution in [3.63, 3.8) is 0 Å². The van der Waals surface area contributed by atoms with Gasteiger partial charge in [-0.15, -0.1) is 0 Å². The molecule has 1 heterocycles. The third-order valence-corrected chi connectivity index (χ3v) is 6.28. The summed E-state index contributed by atoms with van der Waals surface area (Å²) in [6, 6.07) is 23.8. The Balaban J connectivity index is 0.00000176. The molecule has 8 heteroatoms. The van der Waals surface area contributed by atoms with Crippen LogP contribution >= 0.6 is 11.9 Å². The van der Waals surface area contributed by atoms with Gasteiger partial charge in [-0.3, -0.25) is 9.29 Å². The van der Waals surface area contributed by atoms with Crippen LogP contribution in [-0.2, 0) is 6.54 Å². The normalized spacial score (nSPS) is 10.6. The van der Waals surface area contributed by atoms with E-state index in [1.54, 1.807) is 22.9 Å². The number of halogens is 1. The first-order chi connectivity index (χ1) is 17.6. The SMILES string of the molecule is CC.O=C(NCc1ccc(SNCCN(CCO)c2ccc(F)cc2)cc1)n1ccc2ccccc21. The van der Waals surface area contributed by atoms with Gasteiger partial charge in [-0.25, -0.2) is 9.18 Å². The molecular weight excluding hydrogens is 475 g/mol.